The Morgan fingerprint density at radius 1 is 1.11 bits per heavy atom. The van der Waals surface area contributed by atoms with Gasteiger partial charge in [-0.2, -0.15) is 0 Å². The fraction of sp³-hybridized carbons (Fsp3) is 0.438. The maximum atomic E-state index is 12.0. The van der Waals surface area contributed by atoms with E-state index in [1.54, 1.807) is 0 Å². The van der Waals surface area contributed by atoms with Crippen molar-refractivity contribution in [1.82, 2.24) is 4.90 Å². The van der Waals surface area contributed by atoms with Gasteiger partial charge in [0.15, 0.2) is 0 Å². The van der Waals surface area contributed by atoms with Gasteiger partial charge in [-0.05, 0) is 39.8 Å². The molecule has 18 heavy (non-hydrogen) atoms. The molecule has 0 saturated heterocycles. The second kappa shape index (κ2) is 6.86. The smallest absolute Gasteiger partial charge is 0.235 e. The Balaban J connectivity index is 2.63. The van der Waals surface area contributed by atoms with E-state index in [1.807, 2.05) is 62.9 Å². The molecule has 0 aliphatic heterocycles. The zero-order chi connectivity index (χ0) is 13.5. The van der Waals surface area contributed by atoms with Crippen molar-refractivity contribution in [2.45, 2.75) is 46.2 Å². The van der Waals surface area contributed by atoms with Gasteiger partial charge in [0.05, 0.1) is 6.42 Å². The molecule has 0 heterocycles. The summed E-state index contributed by atoms with van der Waals surface area (Å²) < 4.78 is 0. The molecule has 1 rings (SSSR count). The van der Waals surface area contributed by atoms with E-state index in [2.05, 4.69) is 11.8 Å². The fourth-order valence-electron chi connectivity index (χ4n) is 2.01. The fourth-order valence-corrected chi connectivity index (χ4v) is 2.01. The average molecular weight is 243 g/mol. The van der Waals surface area contributed by atoms with Crippen LogP contribution in [0.5, 0.6) is 0 Å². The summed E-state index contributed by atoms with van der Waals surface area (Å²) in [4.78, 5) is 13.9. The Morgan fingerprint density at radius 2 is 1.67 bits per heavy atom. The van der Waals surface area contributed by atoms with Gasteiger partial charge in [-0.15, -0.1) is 0 Å². The van der Waals surface area contributed by atoms with Gasteiger partial charge in [0.1, 0.15) is 0 Å². The van der Waals surface area contributed by atoms with Crippen molar-refractivity contribution < 1.29 is 4.79 Å². The van der Waals surface area contributed by atoms with Crippen molar-refractivity contribution in [2.75, 3.05) is 0 Å². The van der Waals surface area contributed by atoms with Crippen LogP contribution in [-0.2, 0) is 4.79 Å². The van der Waals surface area contributed by atoms with Crippen molar-refractivity contribution in [2.24, 2.45) is 0 Å². The summed E-state index contributed by atoms with van der Waals surface area (Å²) in [6.07, 6.45) is 0.283. The predicted molar refractivity (Wildman–Crippen MR) is 75.1 cm³/mol. The molecule has 0 radical (unpaired) electrons. The third-order valence-electron chi connectivity index (χ3n) is 2.65. The lowest BCUT2D eigenvalue weighted by atomic mass is 10.2. The normalized spacial score (nSPS) is 10.1. The minimum Gasteiger partial charge on any atom is -0.337 e. The maximum Gasteiger partial charge on any atom is 0.235 e. The van der Waals surface area contributed by atoms with Crippen molar-refractivity contribution in [3.63, 3.8) is 0 Å². The first kappa shape index (κ1) is 14.3. The molecule has 0 aromatic heterocycles. The molecule has 0 unspecified atom stereocenters. The average Bonchev–Trinajstić information content (AvgIpc) is 2.29. The molecule has 0 aliphatic rings. The first-order valence-electron chi connectivity index (χ1n) is 6.37. The van der Waals surface area contributed by atoms with Gasteiger partial charge in [-0.1, -0.05) is 30.0 Å². The van der Waals surface area contributed by atoms with Crippen LogP contribution in [0.1, 0.15) is 39.7 Å². The number of hydrogen-bond acceptors (Lipinski definition) is 1. The van der Waals surface area contributed by atoms with Crippen LogP contribution >= 0.6 is 0 Å². The molecule has 1 amide bonds. The minimum atomic E-state index is 0.100. The van der Waals surface area contributed by atoms with Gasteiger partial charge in [-0.25, -0.2) is 0 Å². The van der Waals surface area contributed by atoms with Crippen LogP contribution in [0.25, 0.3) is 0 Å². The van der Waals surface area contributed by atoms with E-state index < -0.39 is 0 Å². The molecule has 2 nitrogen and oxygen atoms in total. The van der Waals surface area contributed by atoms with E-state index in [0.717, 1.165) is 5.56 Å². The molecule has 1 aromatic carbocycles. The van der Waals surface area contributed by atoms with Gasteiger partial charge in [-0.3, -0.25) is 4.79 Å². The molecular weight excluding hydrogens is 222 g/mol. The summed E-state index contributed by atoms with van der Waals surface area (Å²) in [5.41, 5.74) is 0.950. The first-order chi connectivity index (χ1) is 8.52. The van der Waals surface area contributed by atoms with Gasteiger partial charge >= 0.3 is 0 Å². The molecule has 0 fully saturated rings. The number of carbonyl (C=O) groups excluding carboxylic acids is 1. The van der Waals surface area contributed by atoms with E-state index in [1.165, 1.54) is 0 Å². The number of nitrogens with zero attached hydrogens (tertiary/aromatic N) is 1. The van der Waals surface area contributed by atoms with E-state index in [0.29, 0.717) is 0 Å². The lowest BCUT2D eigenvalue weighted by Crippen LogP contribution is -2.41. The van der Waals surface area contributed by atoms with Crippen LogP contribution in [0, 0.1) is 11.8 Å². The van der Waals surface area contributed by atoms with Crippen LogP contribution in [0.4, 0.5) is 0 Å². The summed E-state index contributed by atoms with van der Waals surface area (Å²) in [6, 6.07) is 10.2. The van der Waals surface area contributed by atoms with Gasteiger partial charge in [0, 0.05) is 17.6 Å². The van der Waals surface area contributed by atoms with E-state index in [9.17, 15) is 4.79 Å². The SMILES string of the molecule is CC(C)N(C(=O)CC#Cc1ccccc1)C(C)C. The largest absolute Gasteiger partial charge is 0.337 e. The van der Waals surface area contributed by atoms with Gasteiger partial charge in [0.2, 0.25) is 5.91 Å². The van der Waals surface area contributed by atoms with Crippen LogP contribution in [0.2, 0.25) is 0 Å². The maximum absolute atomic E-state index is 12.0. The van der Waals surface area contributed by atoms with Crippen LogP contribution in [0.3, 0.4) is 0 Å². The first-order valence-corrected chi connectivity index (χ1v) is 6.37. The van der Waals surface area contributed by atoms with Crippen LogP contribution in [-0.4, -0.2) is 22.9 Å². The minimum absolute atomic E-state index is 0.100. The number of hydrogen-bond donors (Lipinski definition) is 0. The predicted octanol–water partition coefficient (Wildman–Crippen LogP) is 3.07. The molecule has 0 saturated carbocycles. The van der Waals surface area contributed by atoms with E-state index >= 15 is 0 Å². The third-order valence-corrected chi connectivity index (χ3v) is 2.65. The third kappa shape index (κ3) is 4.25. The molecule has 0 atom stereocenters. The van der Waals surface area contributed by atoms with E-state index in [-0.39, 0.29) is 24.4 Å². The summed E-state index contributed by atoms with van der Waals surface area (Å²) in [6.45, 7) is 8.12. The van der Waals surface area contributed by atoms with Gasteiger partial charge < -0.3 is 4.90 Å². The standard InChI is InChI=1S/C16H21NO/c1-13(2)17(14(3)4)16(18)12-8-11-15-9-6-5-7-10-15/h5-7,9-10,13-14H,12H2,1-4H3. The topological polar surface area (TPSA) is 20.3 Å². The van der Waals surface area contributed by atoms with Crippen molar-refractivity contribution >= 4 is 5.91 Å². The molecule has 0 aliphatic carbocycles. The highest BCUT2D eigenvalue weighted by Crippen LogP contribution is 2.07. The highest BCUT2D eigenvalue weighted by molar-refractivity contribution is 5.79. The molecule has 2 heteroatoms. The Morgan fingerprint density at radius 3 is 2.17 bits per heavy atom. The Bertz CT molecular complexity index is 429. The number of amides is 1. The second-order valence-corrected chi connectivity index (χ2v) is 4.83. The molecule has 0 spiro atoms. The molecular formula is C16H21NO. The Hall–Kier alpha value is -1.75. The van der Waals surface area contributed by atoms with Crippen molar-refractivity contribution in [3.05, 3.63) is 35.9 Å². The summed E-state index contributed by atoms with van der Waals surface area (Å²) in [5, 5.41) is 0. The quantitative estimate of drug-likeness (QED) is 0.747. The zero-order valence-corrected chi connectivity index (χ0v) is 11.6. The second-order valence-electron chi connectivity index (χ2n) is 4.83. The highest BCUT2D eigenvalue weighted by Gasteiger charge is 2.18. The molecule has 0 N–H and O–H groups in total. The summed E-state index contributed by atoms with van der Waals surface area (Å²) >= 11 is 0. The number of benzene rings is 1. The lowest BCUT2D eigenvalue weighted by Gasteiger charge is -2.30. The van der Waals surface area contributed by atoms with Crippen molar-refractivity contribution in [1.29, 1.82) is 0 Å². The monoisotopic (exact) mass is 243 g/mol. The van der Waals surface area contributed by atoms with Crippen LogP contribution < -0.4 is 0 Å². The van der Waals surface area contributed by atoms with E-state index in [4.69, 9.17) is 0 Å². The van der Waals surface area contributed by atoms with Crippen LogP contribution in [0.15, 0.2) is 30.3 Å². The number of carbonyl (C=O) groups is 1. The Labute approximate surface area is 110 Å². The Kier molecular flexibility index (Phi) is 5.45. The zero-order valence-electron chi connectivity index (χ0n) is 11.6. The van der Waals surface area contributed by atoms with Gasteiger partial charge in [0.25, 0.3) is 0 Å². The highest BCUT2D eigenvalue weighted by atomic mass is 16.2. The summed E-state index contributed by atoms with van der Waals surface area (Å²) in [7, 11) is 0. The van der Waals surface area contributed by atoms with Crippen molar-refractivity contribution in [3.8, 4) is 11.8 Å². The lowest BCUT2D eigenvalue weighted by molar-refractivity contribution is -0.133. The molecule has 96 valence electrons. The number of rotatable bonds is 3. The molecule has 1 aromatic rings. The summed E-state index contributed by atoms with van der Waals surface area (Å²) in [5.74, 6) is 6.06. The molecule has 0 bridgehead atoms.